The highest BCUT2D eigenvalue weighted by molar-refractivity contribution is 9.10. The highest BCUT2D eigenvalue weighted by Crippen LogP contribution is 2.32. The number of nitrogens with zero attached hydrogens (tertiary/aromatic N) is 1. The number of carbonyl (C=O) groups is 1. The minimum absolute atomic E-state index is 0.0757. The van der Waals surface area contributed by atoms with Crippen LogP contribution in [0, 0.1) is 0 Å². The molecule has 1 aromatic heterocycles. The van der Waals surface area contributed by atoms with E-state index in [4.69, 9.17) is 9.26 Å². The molecule has 0 bridgehead atoms. The maximum absolute atomic E-state index is 11.4. The van der Waals surface area contributed by atoms with Crippen molar-refractivity contribution in [1.29, 1.82) is 0 Å². The van der Waals surface area contributed by atoms with E-state index in [1.165, 1.54) is 13.1 Å². The molecule has 0 radical (unpaired) electrons. The van der Waals surface area contributed by atoms with E-state index in [9.17, 15) is 4.79 Å². The van der Waals surface area contributed by atoms with E-state index in [0.29, 0.717) is 11.3 Å². The van der Waals surface area contributed by atoms with Crippen LogP contribution in [0.3, 0.4) is 0 Å². The molecule has 0 N–H and O–H groups in total. The largest absolute Gasteiger partial charge is 0.496 e. The van der Waals surface area contributed by atoms with Gasteiger partial charge in [-0.15, -0.1) is 0 Å². The van der Waals surface area contributed by atoms with Crippen LogP contribution in [0.25, 0.3) is 11.3 Å². The standard InChI is InChI=1S/C12H10BrNO3/c1-7(15)9-6-14-17-12(9)8-3-4-11(16-2)10(13)5-8/h3-6H,1-2H3. The Morgan fingerprint density at radius 1 is 1.47 bits per heavy atom. The van der Waals surface area contributed by atoms with E-state index in [1.54, 1.807) is 13.2 Å². The number of ether oxygens (including phenoxy) is 1. The molecular formula is C12H10BrNO3. The van der Waals surface area contributed by atoms with Crippen molar-refractivity contribution >= 4 is 21.7 Å². The van der Waals surface area contributed by atoms with Gasteiger partial charge in [0.05, 0.1) is 23.3 Å². The summed E-state index contributed by atoms with van der Waals surface area (Å²) >= 11 is 3.38. The van der Waals surface area contributed by atoms with Crippen LogP contribution in [0.4, 0.5) is 0 Å². The van der Waals surface area contributed by atoms with Crippen molar-refractivity contribution in [1.82, 2.24) is 5.16 Å². The lowest BCUT2D eigenvalue weighted by Crippen LogP contribution is -1.92. The highest BCUT2D eigenvalue weighted by atomic mass is 79.9. The molecule has 88 valence electrons. The quantitative estimate of drug-likeness (QED) is 0.815. The first-order valence-electron chi connectivity index (χ1n) is 4.93. The Kier molecular flexibility index (Phi) is 3.28. The van der Waals surface area contributed by atoms with Crippen LogP contribution in [0.15, 0.2) is 33.4 Å². The maximum Gasteiger partial charge on any atom is 0.177 e. The average molecular weight is 296 g/mol. The summed E-state index contributed by atoms with van der Waals surface area (Å²) in [5, 5.41) is 3.65. The minimum atomic E-state index is -0.0757. The fourth-order valence-electron chi connectivity index (χ4n) is 1.51. The van der Waals surface area contributed by atoms with Gasteiger partial charge in [0.2, 0.25) is 0 Å². The number of methoxy groups -OCH3 is 1. The summed E-state index contributed by atoms with van der Waals surface area (Å²) in [6.45, 7) is 1.48. The molecule has 4 nitrogen and oxygen atoms in total. The molecule has 0 spiro atoms. The molecule has 0 atom stereocenters. The predicted molar refractivity (Wildman–Crippen MR) is 66.2 cm³/mol. The number of carbonyl (C=O) groups excluding carboxylic acids is 1. The van der Waals surface area contributed by atoms with Gasteiger partial charge in [-0.2, -0.15) is 0 Å². The van der Waals surface area contributed by atoms with Gasteiger partial charge in [-0.25, -0.2) is 0 Å². The second-order valence-corrected chi connectivity index (χ2v) is 4.33. The van der Waals surface area contributed by atoms with E-state index in [1.807, 2.05) is 12.1 Å². The molecule has 0 saturated heterocycles. The van der Waals surface area contributed by atoms with Crippen LogP contribution in [0.1, 0.15) is 17.3 Å². The Morgan fingerprint density at radius 2 is 2.24 bits per heavy atom. The molecule has 0 aliphatic carbocycles. The summed E-state index contributed by atoms with van der Waals surface area (Å²) in [6.07, 6.45) is 1.43. The third-order valence-electron chi connectivity index (χ3n) is 2.36. The van der Waals surface area contributed by atoms with Gasteiger partial charge in [0.25, 0.3) is 0 Å². The lowest BCUT2D eigenvalue weighted by Gasteiger charge is -2.04. The molecule has 17 heavy (non-hydrogen) atoms. The van der Waals surface area contributed by atoms with Gasteiger partial charge in [0.15, 0.2) is 11.5 Å². The number of aromatic nitrogens is 1. The Balaban J connectivity index is 2.50. The lowest BCUT2D eigenvalue weighted by molar-refractivity contribution is 0.101. The second-order valence-electron chi connectivity index (χ2n) is 3.47. The van der Waals surface area contributed by atoms with E-state index < -0.39 is 0 Å². The smallest absolute Gasteiger partial charge is 0.177 e. The number of hydrogen-bond donors (Lipinski definition) is 0. The van der Waals surface area contributed by atoms with Gasteiger partial charge in [0.1, 0.15) is 5.75 Å². The molecule has 2 rings (SSSR count). The van der Waals surface area contributed by atoms with E-state index >= 15 is 0 Å². The normalized spacial score (nSPS) is 10.3. The van der Waals surface area contributed by atoms with Crippen molar-refractivity contribution in [2.24, 2.45) is 0 Å². The molecule has 1 heterocycles. The van der Waals surface area contributed by atoms with Crippen LogP contribution >= 0.6 is 15.9 Å². The Bertz CT molecular complexity index is 563. The van der Waals surface area contributed by atoms with Crippen LogP contribution < -0.4 is 4.74 Å². The molecule has 0 unspecified atom stereocenters. The highest BCUT2D eigenvalue weighted by Gasteiger charge is 2.15. The third-order valence-corrected chi connectivity index (χ3v) is 2.98. The molecule has 0 saturated carbocycles. The number of halogens is 1. The molecule has 5 heteroatoms. The summed E-state index contributed by atoms with van der Waals surface area (Å²) in [5.41, 5.74) is 1.25. The van der Waals surface area contributed by atoms with Crippen molar-refractivity contribution in [2.45, 2.75) is 6.92 Å². The first-order chi connectivity index (χ1) is 8.13. The molecule has 0 amide bonds. The molecular weight excluding hydrogens is 286 g/mol. The zero-order chi connectivity index (χ0) is 12.4. The Labute approximate surface area is 107 Å². The fraction of sp³-hybridized carbons (Fsp3) is 0.167. The fourth-order valence-corrected chi connectivity index (χ4v) is 2.05. The Hall–Kier alpha value is -1.62. The number of hydrogen-bond acceptors (Lipinski definition) is 4. The zero-order valence-electron chi connectivity index (χ0n) is 9.36. The van der Waals surface area contributed by atoms with E-state index in [0.717, 1.165) is 15.8 Å². The molecule has 0 aliphatic rings. The first kappa shape index (κ1) is 11.9. The number of rotatable bonds is 3. The number of ketones is 1. The molecule has 0 fully saturated rings. The van der Waals surface area contributed by atoms with Crippen molar-refractivity contribution in [3.05, 3.63) is 34.4 Å². The monoisotopic (exact) mass is 295 g/mol. The second kappa shape index (κ2) is 4.71. The van der Waals surface area contributed by atoms with Crippen molar-refractivity contribution < 1.29 is 14.1 Å². The van der Waals surface area contributed by atoms with Crippen molar-refractivity contribution in [2.75, 3.05) is 7.11 Å². The van der Waals surface area contributed by atoms with Gasteiger partial charge in [-0.3, -0.25) is 4.79 Å². The van der Waals surface area contributed by atoms with Gasteiger partial charge in [-0.05, 0) is 41.1 Å². The SMILES string of the molecule is COc1ccc(-c2oncc2C(C)=O)cc1Br. The number of Topliss-reactive ketones (excluding diaryl/α,β-unsaturated/α-hetero) is 1. The molecule has 0 aliphatic heterocycles. The lowest BCUT2D eigenvalue weighted by atomic mass is 10.1. The van der Waals surface area contributed by atoms with E-state index in [-0.39, 0.29) is 5.78 Å². The topological polar surface area (TPSA) is 52.3 Å². The van der Waals surface area contributed by atoms with Gasteiger partial charge in [0, 0.05) is 5.56 Å². The van der Waals surface area contributed by atoms with Crippen LogP contribution in [-0.4, -0.2) is 18.0 Å². The summed E-state index contributed by atoms with van der Waals surface area (Å²) in [4.78, 5) is 11.4. The maximum atomic E-state index is 11.4. The average Bonchev–Trinajstić information content (AvgIpc) is 2.77. The van der Waals surface area contributed by atoms with Gasteiger partial charge >= 0.3 is 0 Å². The predicted octanol–water partition coefficient (Wildman–Crippen LogP) is 3.32. The Morgan fingerprint density at radius 3 is 2.82 bits per heavy atom. The minimum Gasteiger partial charge on any atom is -0.496 e. The first-order valence-corrected chi connectivity index (χ1v) is 5.72. The van der Waals surface area contributed by atoms with E-state index in [2.05, 4.69) is 21.1 Å². The summed E-state index contributed by atoms with van der Waals surface area (Å²) in [5.74, 6) is 1.12. The van der Waals surface area contributed by atoms with Crippen molar-refractivity contribution in [3.63, 3.8) is 0 Å². The summed E-state index contributed by atoms with van der Waals surface area (Å²) in [6, 6.07) is 5.44. The van der Waals surface area contributed by atoms with Gasteiger partial charge in [-0.1, -0.05) is 5.16 Å². The van der Waals surface area contributed by atoms with Crippen LogP contribution in [0.5, 0.6) is 5.75 Å². The summed E-state index contributed by atoms with van der Waals surface area (Å²) < 4.78 is 11.0. The third kappa shape index (κ3) is 2.24. The van der Waals surface area contributed by atoms with Crippen molar-refractivity contribution in [3.8, 4) is 17.1 Å². The number of benzene rings is 1. The van der Waals surface area contributed by atoms with Crippen LogP contribution in [0.2, 0.25) is 0 Å². The summed E-state index contributed by atoms with van der Waals surface area (Å²) in [7, 11) is 1.59. The van der Waals surface area contributed by atoms with Crippen LogP contribution in [-0.2, 0) is 0 Å². The molecule has 2 aromatic rings. The van der Waals surface area contributed by atoms with Gasteiger partial charge < -0.3 is 9.26 Å². The zero-order valence-corrected chi connectivity index (χ0v) is 10.9. The molecule has 1 aromatic carbocycles.